The molecule has 4 heteroatoms. The van der Waals surface area contributed by atoms with E-state index in [1.54, 1.807) is 6.20 Å². The Kier molecular flexibility index (Phi) is 3.27. The summed E-state index contributed by atoms with van der Waals surface area (Å²) < 4.78 is 0. The van der Waals surface area contributed by atoms with Crippen LogP contribution >= 0.6 is 0 Å². The summed E-state index contributed by atoms with van der Waals surface area (Å²) in [6, 6.07) is 2.53. The fraction of sp³-hybridized carbons (Fsp3) is 0.667. The second-order valence-corrected chi connectivity index (χ2v) is 4.80. The molecule has 1 saturated carbocycles. The van der Waals surface area contributed by atoms with Crippen LogP contribution in [0, 0.1) is 5.92 Å². The second-order valence-electron chi connectivity index (χ2n) is 4.80. The van der Waals surface area contributed by atoms with Crippen molar-refractivity contribution in [3.05, 3.63) is 12.3 Å². The van der Waals surface area contributed by atoms with Gasteiger partial charge in [-0.15, -0.1) is 0 Å². The minimum Gasteiger partial charge on any atom is -0.368 e. The Bertz CT molecular complexity index is 345. The first-order valence-electron chi connectivity index (χ1n) is 5.98. The van der Waals surface area contributed by atoms with Crippen molar-refractivity contribution in [3.8, 4) is 0 Å². The molecule has 2 rings (SSSR count). The Hall–Kier alpha value is -1.32. The van der Waals surface area contributed by atoms with Crippen LogP contribution in [0.1, 0.15) is 32.6 Å². The Morgan fingerprint density at radius 1 is 1.31 bits per heavy atom. The van der Waals surface area contributed by atoms with E-state index < -0.39 is 0 Å². The lowest BCUT2D eigenvalue weighted by Crippen LogP contribution is -2.35. The molecule has 1 aliphatic rings. The van der Waals surface area contributed by atoms with Crippen LogP contribution in [-0.2, 0) is 0 Å². The predicted octanol–water partition coefficient (Wildman–Crippen LogP) is 2.07. The quantitative estimate of drug-likeness (QED) is 0.829. The van der Waals surface area contributed by atoms with E-state index in [0.29, 0.717) is 12.0 Å². The van der Waals surface area contributed by atoms with Crippen molar-refractivity contribution in [2.45, 2.75) is 38.6 Å². The van der Waals surface area contributed by atoms with Gasteiger partial charge in [-0.25, -0.2) is 4.98 Å². The molecule has 1 aromatic rings. The Balaban J connectivity index is 2.04. The summed E-state index contributed by atoms with van der Waals surface area (Å²) in [6.45, 7) is 2.33. The van der Waals surface area contributed by atoms with E-state index in [4.69, 9.17) is 5.73 Å². The normalized spacial score (nSPS) is 25.4. The van der Waals surface area contributed by atoms with E-state index in [-0.39, 0.29) is 0 Å². The summed E-state index contributed by atoms with van der Waals surface area (Å²) in [5.41, 5.74) is 5.60. The zero-order valence-corrected chi connectivity index (χ0v) is 10.1. The summed E-state index contributed by atoms with van der Waals surface area (Å²) >= 11 is 0. The highest BCUT2D eigenvalue weighted by atomic mass is 15.2. The number of aromatic nitrogens is 2. The van der Waals surface area contributed by atoms with Crippen molar-refractivity contribution in [2.24, 2.45) is 5.92 Å². The summed E-state index contributed by atoms with van der Waals surface area (Å²) in [5, 5.41) is 0. The number of hydrogen-bond acceptors (Lipinski definition) is 4. The van der Waals surface area contributed by atoms with Gasteiger partial charge in [0, 0.05) is 19.3 Å². The summed E-state index contributed by atoms with van der Waals surface area (Å²) in [4.78, 5) is 10.4. The van der Waals surface area contributed by atoms with Crippen LogP contribution in [0.5, 0.6) is 0 Å². The summed E-state index contributed by atoms with van der Waals surface area (Å²) in [6.07, 6.45) is 6.86. The first-order valence-corrected chi connectivity index (χ1v) is 5.98. The van der Waals surface area contributed by atoms with Crippen LogP contribution in [0.4, 0.5) is 11.8 Å². The first-order chi connectivity index (χ1) is 7.66. The van der Waals surface area contributed by atoms with Crippen molar-refractivity contribution in [1.29, 1.82) is 0 Å². The van der Waals surface area contributed by atoms with E-state index in [9.17, 15) is 0 Å². The van der Waals surface area contributed by atoms with Crippen LogP contribution in [0.25, 0.3) is 0 Å². The maximum Gasteiger partial charge on any atom is 0.221 e. The third-order valence-corrected chi connectivity index (χ3v) is 3.55. The molecule has 1 heterocycles. The molecule has 4 nitrogen and oxygen atoms in total. The molecule has 88 valence electrons. The fourth-order valence-corrected chi connectivity index (χ4v) is 2.38. The molecule has 0 spiro atoms. The third-order valence-electron chi connectivity index (χ3n) is 3.55. The lowest BCUT2D eigenvalue weighted by atomic mass is 9.87. The third kappa shape index (κ3) is 2.43. The molecule has 1 fully saturated rings. The van der Waals surface area contributed by atoms with E-state index in [2.05, 4.69) is 28.8 Å². The highest BCUT2D eigenvalue weighted by Gasteiger charge is 2.22. The van der Waals surface area contributed by atoms with Crippen molar-refractivity contribution >= 4 is 11.8 Å². The lowest BCUT2D eigenvalue weighted by molar-refractivity contribution is 0.340. The standard InChI is InChI=1S/C12H20N4/c1-9-3-5-10(6-4-9)16(2)11-7-8-14-12(13)15-11/h7-10H,3-6H2,1-2H3,(H2,13,14,15). The molecule has 0 saturated heterocycles. The zero-order valence-electron chi connectivity index (χ0n) is 10.1. The lowest BCUT2D eigenvalue weighted by Gasteiger charge is -2.34. The van der Waals surface area contributed by atoms with Crippen LogP contribution in [0.3, 0.4) is 0 Å². The van der Waals surface area contributed by atoms with Gasteiger partial charge in [-0.1, -0.05) is 6.92 Å². The van der Waals surface area contributed by atoms with Gasteiger partial charge in [0.05, 0.1) is 0 Å². The van der Waals surface area contributed by atoms with Crippen molar-refractivity contribution in [2.75, 3.05) is 17.7 Å². The molecule has 0 atom stereocenters. The number of nitrogens with zero attached hydrogens (tertiary/aromatic N) is 3. The van der Waals surface area contributed by atoms with Crippen molar-refractivity contribution < 1.29 is 0 Å². The van der Waals surface area contributed by atoms with E-state index in [1.807, 2.05) is 6.07 Å². The maximum absolute atomic E-state index is 5.60. The average molecular weight is 220 g/mol. The number of nitrogens with two attached hydrogens (primary N) is 1. The minimum atomic E-state index is 0.355. The number of rotatable bonds is 2. The topological polar surface area (TPSA) is 55.0 Å². The molecule has 2 N–H and O–H groups in total. The molecular weight excluding hydrogens is 200 g/mol. The molecule has 0 aliphatic heterocycles. The monoisotopic (exact) mass is 220 g/mol. The second kappa shape index (κ2) is 4.68. The van der Waals surface area contributed by atoms with Gasteiger partial charge in [0.2, 0.25) is 5.95 Å². The number of anilines is 2. The summed E-state index contributed by atoms with van der Waals surface area (Å²) in [7, 11) is 2.10. The van der Waals surface area contributed by atoms with Crippen LogP contribution < -0.4 is 10.6 Å². The molecular formula is C12H20N4. The molecule has 0 bridgehead atoms. The van der Waals surface area contributed by atoms with Gasteiger partial charge >= 0.3 is 0 Å². The number of hydrogen-bond donors (Lipinski definition) is 1. The molecule has 16 heavy (non-hydrogen) atoms. The summed E-state index contributed by atoms with van der Waals surface area (Å²) in [5.74, 6) is 2.17. The Labute approximate surface area is 96.9 Å². The van der Waals surface area contributed by atoms with E-state index >= 15 is 0 Å². The highest BCUT2D eigenvalue weighted by molar-refractivity contribution is 5.41. The first kappa shape index (κ1) is 11.2. The van der Waals surface area contributed by atoms with Gasteiger partial charge in [0.15, 0.2) is 0 Å². The maximum atomic E-state index is 5.60. The van der Waals surface area contributed by atoms with Gasteiger partial charge in [-0.3, -0.25) is 0 Å². The van der Waals surface area contributed by atoms with Crippen LogP contribution in [0.15, 0.2) is 12.3 Å². The van der Waals surface area contributed by atoms with Gasteiger partial charge in [0.1, 0.15) is 5.82 Å². The van der Waals surface area contributed by atoms with Gasteiger partial charge in [-0.05, 0) is 37.7 Å². The van der Waals surface area contributed by atoms with Crippen molar-refractivity contribution in [1.82, 2.24) is 9.97 Å². The molecule has 0 radical (unpaired) electrons. The zero-order chi connectivity index (χ0) is 11.5. The smallest absolute Gasteiger partial charge is 0.221 e. The van der Waals surface area contributed by atoms with Crippen LogP contribution in [-0.4, -0.2) is 23.1 Å². The van der Waals surface area contributed by atoms with Gasteiger partial charge < -0.3 is 10.6 Å². The predicted molar refractivity (Wildman–Crippen MR) is 66.3 cm³/mol. The minimum absolute atomic E-state index is 0.355. The Morgan fingerprint density at radius 3 is 2.62 bits per heavy atom. The van der Waals surface area contributed by atoms with E-state index in [0.717, 1.165) is 11.7 Å². The average Bonchev–Trinajstić information content (AvgIpc) is 2.29. The molecule has 1 aliphatic carbocycles. The van der Waals surface area contributed by atoms with E-state index in [1.165, 1.54) is 25.7 Å². The molecule has 1 aromatic heterocycles. The fourth-order valence-electron chi connectivity index (χ4n) is 2.38. The molecule has 0 amide bonds. The molecule has 0 aromatic carbocycles. The Morgan fingerprint density at radius 2 is 2.00 bits per heavy atom. The highest BCUT2D eigenvalue weighted by Crippen LogP contribution is 2.28. The van der Waals surface area contributed by atoms with Gasteiger partial charge in [0.25, 0.3) is 0 Å². The van der Waals surface area contributed by atoms with Gasteiger partial charge in [-0.2, -0.15) is 4.98 Å². The van der Waals surface area contributed by atoms with Crippen LogP contribution in [0.2, 0.25) is 0 Å². The molecule has 0 unspecified atom stereocenters. The van der Waals surface area contributed by atoms with Crippen molar-refractivity contribution in [3.63, 3.8) is 0 Å². The number of nitrogen functional groups attached to an aromatic ring is 1. The largest absolute Gasteiger partial charge is 0.368 e. The SMILES string of the molecule is CC1CCC(N(C)c2ccnc(N)n2)CC1.